The average molecular weight is 318 g/mol. The first-order chi connectivity index (χ1) is 9.05. The molecule has 0 atom stereocenters. The molecule has 0 fully saturated rings. The van der Waals surface area contributed by atoms with Crippen molar-refractivity contribution in [2.75, 3.05) is 0 Å². The summed E-state index contributed by atoms with van der Waals surface area (Å²) < 4.78 is 26.8. The van der Waals surface area contributed by atoms with Crippen molar-refractivity contribution in [2.24, 2.45) is 0 Å². The van der Waals surface area contributed by atoms with E-state index in [2.05, 4.69) is 10.2 Å². The summed E-state index contributed by atoms with van der Waals surface area (Å²) in [6, 6.07) is 1.75. The Kier molecular flexibility index (Phi) is 3.36. The van der Waals surface area contributed by atoms with Crippen LogP contribution in [0, 0.1) is 0 Å². The van der Waals surface area contributed by atoms with Crippen LogP contribution in [0.25, 0.3) is 0 Å². The summed E-state index contributed by atoms with van der Waals surface area (Å²) in [7, 11) is -3.27. The minimum Gasteiger partial charge on any atom is -0.314 e. The fourth-order valence-corrected chi connectivity index (χ4v) is 4.75. The highest BCUT2D eigenvalue weighted by molar-refractivity contribution is 7.89. The van der Waals surface area contributed by atoms with Gasteiger partial charge in [0.05, 0.1) is 10.1 Å². The predicted molar refractivity (Wildman–Crippen MR) is 74.0 cm³/mol. The van der Waals surface area contributed by atoms with Crippen molar-refractivity contribution in [3.8, 4) is 0 Å². The summed E-state index contributed by atoms with van der Waals surface area (Å²) in [5.74, 6) is 1.31. The molecule has 0 saturated carbocycles. The molecule has 0 radical (unpaired) electrons. The van der Waals surface area contributed by atoms with Gasteiger partial charge in [0.1, 0.15) is 17.4 Å². The van der Waals surface area contributed by atoms with Crippen molar-refractivity contribution in [1.82, 2.24) is 14.8 Å². The maximum Gasteiger partial charge on any atom is 0.161 e. The number of thiophene rings is 1. The molecule has 3 rings (SSSR count). The molecule has 5 nitrogen and oxygen atoms in total. The molecule has 1 aliphatic rings. The van der Waals surface area contributed by atoms with Gasteiger partial charge in [0, 0.05) is 13.0 Å². The molecule has 2 aromatic rings. The van der Waals surface area contributed by atoms with Crippen molar-refractivity contribution in [1.29, 1.82) is 0 Å². The molecular weight excluding hydrogens is 306 g/mol. The lowest BCUT2D eigenvalue weighted by molar-refractivity contribution is 0.589. The van der Waals surface area contributed by atoms with Crippen molar-refractivity contribution in [2.45, 2.75) is 30.9 Å². The Morgan fingerprint density at radius 3 is 2.95 bits per heavy atom. The van der Waals surface area contributed by atoms with Crippen LogP contribution in [0.15, 0.2) is 11.4 Å². The Balaban J connectivity index is 1.80. The second kappa shape index (κ2) is 4.88. The molecular formula is C11H12ClN3O2S2. The first-order valence-electron chi connectivity index (χ1n) is 5.88. The average Bonchev–Trinajstić information content (AvgIpc) is 2.99. The summed E-state index contributed by atoms with van der Waals surface area (Å²) in [5.41, 5.74) is 0.660. The van der Waals surface area contributed by atoms with E-state index in [9.17, 15) is 8.42 Å². The first-order valence-corrected chi connectivity index (χ1v) is 8.96. The number of aryl methyl sites for hydroxylation is 1. The third-order valence-corrected chi connectivity index (χ3v) is 5.80. The van der Waals surface area contributed by atoms with Crippen LogP contribution in [-0.2, 0) is 34.3 Å². The minimum atomic E-state index is -3.27. The van der Waals surface area contributed by atoms with Gasteiger partial charge in [0.2, 0.25) is 0 Å². The van der Waals surface area contributed by atoms with Gasteiger partial charge in [-0.3, -0.25) is 0 Å². The Morgan fingerprint density at radius 1 is 1.37 bits per heavy atom. The van der Waals surface area contributed by atoms with Crippen molar-refractivity contribution in [3.63, 3.8) is 0 Å². The monoisotopic (exact) mass is 317 g/mol. The van der Waals surface area contributed by atoms with E-state index in [4.69, 9.17) is 11.6 Å². The van der Waals surface area contributed by atoms with E-state index in [1.807, 2.05) is 4.57 Å². The van der Waals surface area contributed by atoms with Gasteiger partial charge in [-0.25, -0.2) is 8.42 Å². The van der Waals surface area contributed by atoms with Gasteiger partial charge in [-0.05, 0) is 23.4 Å². The Hall–Kier alpha value is -0.920. The third-order valence-electron chi connectivity index (χ3n) is 3.10. The van der Waals surface area contributed by atoms with E-state index in [1.54, 1.807) is 11.4 Å². The van der Waals surface area contributed by atoms with E-state index >= 15 is 0 Å². The molecule has 19 heavy (non-hydrogen) atoms. The fraction of sp³-hybridized carbons (Fsp3) is 0.455. The van der Waals surface area contributed by atoms with Crippen LogP contribution < -0.4 is 0 Å². The maximum absolute atomic E-state index is 12.2. The Labute approximate surface area is 120 Å². The standard InChI is InChI=1S/C11H12ClN3O2S2/c12-11-8(3-5-18-11)6-19(16,17)7-10-14-13-9-2-1-4-15(9)10/h3,5H,1-2,4,6-7H2. The predicted octanol–water partition coefficient (Wildman–Crippen LogP) is 2.05. The second-order valence-electron chi connectivity index (χ2n) is 4.54. The third kappa shape index (κ3) is 2.68. The van der Waals surface area contributed by atoms with E-state index in [0.717, 1.165) is 25.2 Å². The largest absolute Gasteiger partial charge is 0.314 e. The summed E-state index contributed by atoms with van der Waals surface area (Å²) >= 11 is 7.28. The highest BCUT2D eigenvalue weighted by Gasteiger charge is 2.23. The van der Waals surface area contributed by atoms with Gasteiger partial charge >= 0.3 is 0 Å². The number of sulfone groups is 1. The van der Waals surface area contributed by atoms with Crippen molar-refractivity contribution in [3.05, 3.63) is 33.0 Å². The van der Waals surface area contributed by atoms with Gasteiger partial charge in [-0.15, -0.1) is 21.5 Å². The molecule has 102 valence electrons. The number of rotatable bonds is 4. The molecule has 1 aliphatic heterocycles. The molecule has 0 N–H and O–H groups in total. The van der Waals surface area contributed by atoms with E-state index in [1.165, 1.54) is 11.3 Å². The van der Waals surface area contributed by atoms with E-state index in [-0.39, 0.29) is 11.5 Å². The number of aromatic nitrogens is 3. The lowest BCUT2D eigenvalue weighted by Gasteiger charge is -2.04. The fourth-order valence-electron chi connectivity index (χ4n) is 2.22. The summed E-state index contributed by atoms with van der Waals surface area (Å²) in [6.07, 6.45) is 1.89. The molecule has 0 spiro atoms. The van der Waals surface area contributed by atoms with Crippen LogP contribution in [0.4, 0.5) is 0 Å². The van der Waals surface area contributed by atoms with E-state index in [0.29, 0.717) is 15.7 Å². The second-order valence-corrected chi connectivity index (χ2v) is 8.12. The molecule has 3 heterocycles. The molecule has 0 bridgehead atoms. The smallest absolute Gasteiger partial charge is 0.161 e. The Bertz CT molecular complexity index is 705. The summed E-state index contributed by atoms with van der Waals surface area (Å²) in [5, 5.41) is 9.79. The maximum atomic E-state index is 12.2. The van der Waals surface area contributed by atoms with E-state index < -0.39 is 9.84 Å². The van der Waals surface area contributed by atoms with Gasteiger partial charge in [-0.2, -0.15) is 0 Å². The minimum absolute atomic E-state index is 0.0441. The quantitative estimate of drug-likeness (QED) is 0.865. The molecule has 0 amide bonds. The molecule has 0 aromatic carbocycles. The van der Waals surface area contributed by atoms with Gasteiger partial charge in [-0.1, -0.05) is 11.6 Å². The number of hydrogen-bond acceptors (Lipinski definition) is 5. The molecule has 8 heteroatoms. The van der Waals surface area contributed by atoms with Crippen LogP contribution in [0.2, 0.25) is 4.34 Å². The molecule has 0 aliphatic carbocycles. The highest BCUT2D eigenvalue weighted by Crippen LogP contribution is 2.25. The van der Waals surface area contributed by atoms with Gasteiger partial charge in [0.15, 0.2) is 9.84 Å². The zero-order chi connectivity index (χ0) is 13.5. The first kappa shape index (κ1) is 13.1. The zero-order valence-electron chi connectivity index (χ0n) is 10.0. The van der Waals surface area contributed by atoms with Crippen LogP contribution in [0.3, 0.4) is 0 Å². The molecule has 0 saturated heterocycles. The van der Waals surface area contributed by atoms with Gasteiger partial charge < -0.3 is 4.57 Å². The topological polar surface area (TPSA) is 64.8 Å². The number of nitrogens with zero attached hydrogens (tertiary/aromatic N) is 3. The lowest BCUT2D eigenvalue weighted by atomic mass is 10.4. The summed E-state index contributed by atoms with van der Waals surface area (Å²) in [6.45, 7) is 0.812. The van der Waals surface area contributed by atoms with Crippen LogP contribution in [0.5, 0.6) is 0 Å². The lowest BCUT2D eigenvalue weighted by Crippen LogP contribution is -2.12. The van der Waals surface area contributed by atoms with Crippen LogP contribution in [-0.4, -0.2) is 23.2 Å². The van der Waals surface area contributed by atoms with Crippen molar-refractivity contribution < 1.29 is 8.42 Å². The number of hydrogen-bond donors (Lipinski definition) is 0. The van der Waals surface area contributed by atoms with Crippen LogP contribution >= 0.6 is 22.9 Å². The normalized spacial score (nSPS) is 14.8. The van der Waals surface area contributed by atoms with Crippen molar-refractivity contribution >= 4 is 32.8 Å². The van der Waals surface area contributed by atoms with Gasteiger partial charge in [0.25, 0.3) is 0 Å². The number of fused-ring (bicyclic) bond motifs is 1. The zero-order valence-corrected chi connectivity index (χ0v) is 12.4. The molecule has 0 unspecified atom stereocenters. The number of halogens is 1. The highest BCUT2D eigenvalue weighted by atomic mass is 35.5. The van der Waals surface area contributed by atoms with Crippen LogP contribution in [0.1, 0.15) is 23.6 Å². The summed E-state index contributed by atoms with van der Waals surface area (Å²) in [4.78, 5) is 0. The molecule has 2 aromatic heterocycles. The Morgan fingerprint density at radius 2 is 2.21 bits per heavy atom. The SMILES string of the molecule is O=S(=O)(Cc1ccsc1Cl)Cc1nnc2n1CCC2.